The van der Waals surface area contributed by atoms with Gasteiger partial charge in [-0.25, -0.2) is 0 Å². The fourth-order valence-electron chi connectivity index (χ4n) is 4.74. The van der Waals surface area contributed by atoms with E-state index in [1.165, 1.54) is 0 Å². The molecule has 3 N–H and O–H groups in total. The second kappa shape index (κ2) is 11.0. The molecular formula is C26H30ClN3O5. The number of ether oxygens (including phenoxy) is 1. The van der Waals surface area contributed by atoms with E-state index in [1.807, 2.05) is 36.2 Å². The average Bonchev–Trinajstić information content (AvgIpc) is 3.12. The van der Waals surface area contributed by atoms with Crippen LogP contribution in [0.2, 0.25) is 0 Å². The van der Waals surface area contributed by atoms with E-state index in [2.05, 4.69) is 10.6 Å². The fourth-order valence-corrected chi connectivity index (χ4v) is 5.21. The molecule has 35 heavy (non-hydrogen) atoms. The second-order valence-electron chi connectivity index (χ2n) is 9.02. The van der Waals surface area contributed by atoms with Crippen molar-refractivity contribution in [1.82, 2.24) is 10.6 Å². The number of halogens is 1. The molecule has 8 nitrogen and oxygen atoms in total. The van der Waals surface area contributed by atoms with Gasteiger partial charge in [0.15, 0.2) is 0 Å². The summed E-state index contributed by atoms with van der Waals surface area (Å²) in [7, 11) is 1.85. The third kappa shape index (κ3) is 5.70. The number of nitrogens with zero attached hydrogens (tertiary/aromatic N) is 1. The zero-order chi connectivity index (χ0) is 24.9. The van der Waals surface area contributed by atoms with Gasteiger partial charge in [-0.3, -0.25) is 14.4 Å². The van der Waals surface area contributed by atoms with Gasteiger partial charge in [0.1, 0.15) is 11.8 Å². The molecule has 2 unspecified atom stereocenters. The van der Waals surface area contributed by atoms with Gasteiger partial charge < -0.3 is 25.4 Å². The number of likely N-dealkylation sites (N-methyl/N-ethyl adjacent to an activating group) is 1. The van der Waals surface area contributed by atoms with Gasteiger partial charge in [-0.05, 0) is 61.6 Å². The van der Waals surface area contributed by atoms with Crippen LogP contribution < -0.4 is 20.3 Å². The Hall–Kier alpha value is -3.26. The minimum absolute atomic E-state index is 0.00632. The summed E-state index contributed by atoms with van der Waals surface area (Å²) in [5.74, 6) is -0.786. The number of carboxylic acid groups (broad SMARTS) is 1. The van der Waals surface area contributed by atoms with Gasteiger partial charge >= 0.3 is 5.97 Å². The number of para-hydroxylation sites is 1. The molecule has 2 aliphatic rings. The predicted molar refractivity (Wildman–Crippen MR) is 133 cm³/mol. The summed E-state index contributed by atoms with van der Waals surface area (Å²) < 4.78 is 5.95. The van der Waals surface area contributed by atoms with Crippen LogP contribution in [0.1, 0.15) is 47.0 Å². The molecule has 1 fully saturated rings. The Bertz CT molecular complexity index is 1040. The number of nitrogens with one attached hydrogen (secondary N) is 2. The summed E-state index contributed by atoms with van der Waals surface area (Å²) in [5, 5.41) is 14.3. The third-order valence-electron chi connectivity index (χ3n) is 6.73. The maximum Gasteiger partial charge on any atom is 0.306 e. The Morgan fingerprint density at radius 3 is 2.31 bits per heavy atom. The number of aliphatic carboxylic acids is 1. The molecule has 0 saturated heterocycles. The number of amides is 2. The summed E-state index contributed by atoms with van der Waals surface area (Å²) >= 11 is 6.53. The van der Waals surface area contributed by atoms with Crippen LogP contribution in [-0.2, 0) is 9.59 Å². The van der Waals surface area contributed by atoms with Gasteiger partial charge in [-0.15, -0.1) is 11.6 Å². The van der Waals surface area contributed by atoms with Crippen LogP contribution in [0.15, 0.2) is 48.5 Å². The number of anilines is 1. The monoisotopic (exact) mass is 499 g/mol. The summed E-state index contributed by atoms with van der Waals surface area (Å²) in [6.07, 6.45) is 2.64. The van der Waals surface area contributed by atoms with Crippen molar-refractivity contribution in [2.24, 2.45) is 5.92 Å². The average molecular weight is 500 g/mol. The number of fused-ring (bicyclic) bond motifs is 1. The van der Waals surface area contributed by atoms with E-state index in [9.17, 15) is 14.4 Å². The lowest BCUT2D eigenvalue weighted by Gasteiger charge is -2.26. The van der Waals surface area contributed by atoms with E-state index < -0.39 is 17.4 Å². The van der Waals surface area contributed by atoms with Gasteiger partial charge in [-0.1, -0.05) is 18.2 Å². The van der Waals surface area contributed by atoms with Crippen molar-refractivity contribution >= 4 is 35.1 Å². The molecule has 186 valence electrons. The molecule has 0 spiro atoms. The van der Waals surface area contributed by atoms with Crippen LogP contribution in [-0.4, -0.2) is 55.2 Å². The quantitative estimate of drug-likeness (QED) is 0.380. The minimum atomic E-state index is -0.738. The van der Waals surface area contributed by atoms with E-state index in [1.54, 1.807) is 24.3 Å². The van der Waals surface area contributed by atoms with Crippen LogP contribution in [0.4, 0.5) is 5.69 Å². The van der Waals surface area contributed by atoms with E-state index in [0.29, 0.717) is 37.0 Å². The molecule has 4 rings (SSSR count). The molecule has 1 heterocycles. The fraction of sp³-hybridized carbons (Fsp3) is 0.423. The lowest BCUT2D eigenvalue weighted by molar-refractivity contribution is -0.143. The zero-order valence-corrected chi connectivity index (χ0v) is 20.3. The number of carbonyl (C=O) groups is 3. The topological polar surface area (TPSA) is 108 Å². The smallest absolute Gasteiger partial charge is 0.306 e. The molecule has 1 aliphatic carbocycles. The molecule has 2 aromatic carbocycles. The molecule has 0 aromatic heterocycles. The van der Waals surface area contributed by atoms with Gasteiger partial charge in [-0.2, -0.15) is 0 Å². The largest absolute Gasteiger partial charge is 0.490 e. The lowest BCUT2D eigenvalue weighted by atomic mass is 9.87. The van der Waals surface area contributed by atoms with Crippen molar-refractivity contribution in [1.29, 1.82) is 0 Å². The molecule has 1 saturated carbocycles. The highest BCUT2D eigenvalue weighted by Gasteiger charge is 2.39. The summed E-state index contributed by atoms with van der Waals surface area (Å²) in [4.78, 5) is 38.1. The molecular weight excluding hydrogens is 470 g/mol. The molecule has 0 bridgehead atoms. The van der Waals surface area contributed by atoms with Crippen molar-refractivity contribution in [3.05, 3.63) is 59.7 Å². The third-order valence-corrected chi connectivity index (χ3v) is 7.20. The predicted octanol–water partition coefficient (Wildman–Crippen LogP) is 3.35. The molecule has 1 aliphatic heterocycles. The zero-order valence-electron chi connectivity index (χ0n) is 19.6. The maximum atomic E-state index is 12.7. The molecule has 0 radical (unpaired) electrons. The number of hydrogen-bond acceptors (Lipinski definition) is 5. The standard InChI is InChI=1S/C26H30ClN3O5/c1-30-21-5-3-2-4-20(21)22(27)23(30)25(32)29-15-14-28-24(31)16-6-10-18(11-7-16)35-19-12-8-17(9-13-19)26(33)34/h2-7,10-11,17,19,22-23H,8-9,12-15H2,1H3,(H,28,31)(H,29,32)(H,33,34). The molecule has 9 heteroatoms. The summed E-state index contributed by atoms with van der Waals surface area (Å²) in [5.41, 5.74) is 2.37. The van der Waals surface area contributed by atoms with Crippen molar-refractivity contribution in [2.75, 3.05) is 25.0 Å². The minimum Gasteiger partial charge on any atom is -0.490 e. The van der Waals surface area contributed by atoms with Crippen molar-refractivity contribution in [3.8, 4) is 5.75 Å². The Kier molecular flexibility index (Phi) is 7.80. The number of hydrogen-bond donors (Lipinski definition) is 3. The number of alkyl halides is 1. The van der Waals surface area contributed by atoms with Crippen LogP contribution >= 0.6 is 11.6 Å². The van der Waals surface area contributed by atoms with Crippen LogP contribution in [0.25, 0.3) is 0 Å². The van der Waals surface area contributed by atoms with Gasteiger partial charge in [0.25, 0.3) is 5.91 Å². The Balaban J connectivity index is 1.19. The van der Waals surface area contributed by atoms with E-state index in [0.717, 1.165) is 11.3 Å². The summed E-state index contributed by atoms with van der Waals surface area (Å²) in [6.45, 7) is 0.570. The Morgan fingerprint density at radius 2 is 1.66 bits per heavy atom. The van der Waals surface area contributed by atoms with Crippen LogP contribution in [0, 0.1) is 5.92 Å². The highest BCUT2D eigenvalue weighted by Crippen LogP contribution is 2.42. The SMILES string of the molecule is CN1c2ccccc2C(Cl)C1C(=O)NCCNC(=O)c1ccc(OC2CCC(C(=O)O)CC2)cc1. The first-order chi connectivity index (χ1) is 16.8. The van der Waals surface area contributed by atoms with E-state index >= 15 is 0 Å². The first kappa shape index (κ1) is 24.9. The molecule has 2 atom stereocenters. The van der Waals surface area contributed by atoms with E-state index in [-0.39, 0.29) is 36.9 Å². The molecule has 2 amide bonds. The van der Waals surface area contributed by atoms with E-state index in [4.69, 9.17) is 21.4 Å². The number of carbonyl (C=O) groups excluding carboxylic acids is 2. The first-order valence-corrected chi connectivity index (χ1v) is 12.3. The van der Waals surface area contributed by atoms with Crippen LogP contribution in [0.5, 0.6) is 5.75 Å². The number of rotatable bonds is 8. The summed E-state index contributed by atoms with van der Waals surface area (Å²) in [6, 6.07) is 14.1. The van der Waals surface area contributed by atoms with Crippen molar-refractivity contribution < 1.29 is 24.2 Å². The highest BCUT2D eigenvalue weighted by atomic mass is 35.5. The normalized spacial score (nSPS) is 23.3. The second-order valence-corrected chi connectivity index (χ2v) is 9.49. The highest BCUT2D eigenvalue weighted by molar-refractivity contribution is 6.24. The first-order valence-electron chi connectivity index (χ1n) is 11.9. The molecule has 2 aromatic rings. The van der Waals surface area contributed by atoms with Gasteiger partial charge in [0.2, 0.25) is 5.91 Å². The number of carboxylic acids is 1. The lowest BCUT2D eigenvalue weighted by Crippen LogP contribution is -2.46. The maximum absolute atomic E-state index is 12.7. The van der Waals surface area contributed by atoms with Crippen molar-refractivity contribution in [3.63, 3.8) is 0 Å². The van der Waals surface area contributed by atoms with Gasteiger partial charge in [0, 0.05) is 31.4 Å². The van der Waals surface area contributed by atoms with Crippen molar-refractivity contribution in [2.45, 2.75) is 43.2 Å². The Morgan fingerprint density at radius 1 is 1.00 bits per heavy atom. The number of benzene rings is 2. The van der Waals surface area contributed by atoms with Gasteiger partial charge in [0.05, 0.1) is 17.4 Å². The van der Waals surface area contributed by atoms with Crippen LogP contribution in [0.3, 0.4) is 0 Å². The Labute approximate surface area is 209 Å².